The van der Waals surface area contributed by atoms with Crippen molar-refractivity contribution in [2.45, 2.75) is 0 Å². The molecule has 0 aliphatic rings. The van der Waals surface area contributed by atoms with Crippen LogP contribution in [0.25, 0.3) is 88.2 Å². The fourth-order valence-corrected chi connectivity index (χ4v) is 6.73. The Morgan fingerprint density at radius 1 is 0.326 bits per heavy atom. The van der Waals surface area contributed by atoms with Crippen molar-refractivity contribution in [2.75, 3.05) is 0 Å². The van der Waals surface area contributed by atoms with Gasteiger partial charge in [0.05, 0.1) is 27.9 Å². The highest BCUT2D eigenvalue weighted by Gasteiger charge is 2.16. The first-order valence-corrected chi connectivity index (χ1v) is 15.5. The van der Waals surface area contributed by atoms with Crippen LogP contribution in [0.4, 0.5) is 0 Å². The van der Waals surface area contributed by atoms with Crippen molar-refractivity contribution in [3.05, 3.63) is 164 Å². The van der Waals surface area contributed by atoms with Crippen LogP contribution < -0.4 is 0 Å². The molecule has 9 aromatic rings. The normalized spacial score (nSPS) is 11.5. The third-order valence-corrected chi connectivity index (χ3v) is 8.93. The van der Waals surface area contributed by atoms with Gasteiger partial charge in [-0.3, -0.25) is 4.98 Å². The summed E-state index contributed by atoms with van der Waals surface area (Å²) in [6.07, 6.45) is 1.87. The molecule has 3 heteroatoms. The number of benzene rings is 7. The smallest absolute Gasteiger partial charge is 0.0973 e. The Bertz CT molecular complexity index is 2570. The number of para-hydroxylation sites is 2. The zero-order valence-electron chi connectivity index (χ0n) is 24.9. The van der Waals surface area contributed by atoms with E-state index >= 15 is 0 Å². The van der Waals surface area contributed by atoms with Gasteiger partial charge in [0, 0.05) is 28.1 Å². The zero-order valence-corrected chi connectivity index (χ0v) is 24.9. The van der Waals surface area contributed by atoms with E-state index in [2.05, 4.69) is 109 Å². The van der Waals surface area contributed by atoms with Crippen LogP contribution in [0.1, 0.15) is 0 Å². The molecule has 0 unspecified atom stereocenters. The summed E-state index contributed by atoms with van der Waals surface area (Å²) in [5, 5.41) is 5.98. The van der Waals surface area contributed by atoms with Gasteiger partial charge in [0.25, 0.3) is 0 Å². The molecule has 0 radical (unpaired) electrons. The van der Waals surface area contributed by atoms with Gasteiger partial charge < -0.3 is 0 Å². The fraction of sp³-hybridized carbons (Fsp3) is 0. The first-order chi connectivity index (χ1) is 22.8. The molecule has 0 aliphatic carbocycles. The largest absolute Gasteiger partial charge is 0.256 e. The predicted octanol–water partition coefficient (Wildman–Crippen LogP) is 11.2. The lowest BCUT2D eigenvalue weighted by molar-refractivity contribution is 1.29. The summed E-state index contributed by atoms with van der Waals surface area (Å²) >= 11 is 0. The van der Waals surface area contributed by atoms with Crippen LogP contribution in [0, 0.1) is 0 Å². The third kappa shape index (κ3) is 4.33. The Hall–Kier alpha value is -6.19. The molecular weight excluding hydrogens is 558 g/mol. The third-order valence-electron chi connectivity index (χ3n) is 8.93. The van der Waals surface area contributed by atoms with Crippen LogP contribution >= 0.6 is 0 Å². The van der Waals surface area contributed by atoms with Crippen molar-refractivity contribution in [2.24, 2.45) is 0 Å². The van der Waals surface area contributed by atoms with E-state index in [1.807, 2.05) is 54.7 Å². The summed E-state index contributed by atoms with van der Waals surface area (Å²) in [5.74, 6) is 0. The van der Waals surface area contributed by atoms with E-state index in [0.717, 1.165) is 50.0 Å². The number of hydrogen-bond acceptors (Lipinski definition) is 3. The van der Waals surface area contributed by atoms with E-state index in [4.69, 9.17) is 15.0 Å². The Balaban J connectivity index is 1.17. The maximum Gasteiger partial charge on any atom is 0.0973 e. The van der Waals surface area contributed by atoms with Crippen molar-refractivity contribution in [3.63, 3.8) is 0 Å². The van der Waals surface area contributed by atoms with Crippen molar-refractivity contribution in [1.82, 2.24) is 15.0 Å². The molecule has 2 aromatic heterocycles. The van der Waals surface area contributed by atoms with Gasteiger partial charge in [0.1, 0.15) is 0 Å². The van der Waals surface area contributed by atoms with Gasteiger partial charge in [0.15, 0.2) is 0 Å². The van der Waals surface area contributed by atoms with Gasteiger partial charge in [-0.05, 0) is 56.6 Å². The average Bonchev–Trinajstić information content (AvgIpc) is 3.14. The van der Waals surface area contributed by atoms with Crippen LogP contribution in [0.3, 0.4) is 0 Å². The van der Waals surface area contributed by atoms with Gasteiger partial charge in [-0.2, -0.15) is 0 Å². The molecule has 0 saturated heterocycles. The van der Waals surface area contributed by atoms with Crippen molar-refractivity contribution < 1.29 is 0 Å². The van der Waals surface area contributed by atoms with E-state index in [1.54, 1.807) is 0 Å². The average molecular weight is 586 g/mol. The Labute approximate surface area is 266 Å². The molecule has 0 atom stereocenters. The van der Waals surface area contributed by atoms with Gasteiger partial charge in [0.2, 0.25) is 0 Å². The topological polar surface area (TPSA) is 38.7 Å². The summed E-state index contributed by atoms with van der Waals surface area (Å²) in [4.78, 5) is 14.9. The number of pyridine rings is 1. The van der Waals surface area contributed by atoms with Gasteiger partial charge in [-0.1, -0.05) is 140 Å². The number of hydrogen-bond donors (Lipinski definition) is 0. The summed E-state index contributed by atoms with van der Waals surface area (Å²) in [7, 11) is 0. The minimum atomic E-state index is 0.884. The van der Waals surface area contributed by atoms with Gasteiger partial charge in [-0.25, -0.2) is 9.97 Å². The molecule has 7 aromatic carbocycles. The second-order valence-corrected chi connectivity index (χ2v) is 11.6. The predicted molar refractivity (Wildman–Crippen MR) is 192 cm³/mol. The number of nitrogens with zero attached hydrogens (tertiary/aromatic N) is 3. The Kier molecular flexibility index (Phi) is 6.14. The second-order valence-electron chi connectivity index (χ2n) is 11.6. The van der Waals surface area contributed by atoms with E-state index in [1.165, 1.54) is 38.2 Å². The van der Waals surface area contributed by atoms with E-state index in [-0.39, 0.29) is 0 Å². The zero-order chi connectivity index (χ0) is 30.5. The van der Waals surface area contributed by atoms with E-state index in [9.17, 15) is 0 Å². The quantitative estimate of drug-likeness (QED) is 0.193. The molecular formula is C43H27N3. The number of rotatable bonds is 4. The van der Waals surface area contributed by atoms with Crippen LogP contribution in [0.15, 0.2) is 164 Å². The molecule has 0 aliphatic heterocycles. The molecule has 0 spiro atoms. The van der Waals surface area contributed by atoms with Crippen LogP contribution in [-0.2, 0) is 0 Å². The lowest BCUT2D eigenvalue weighted by Crippen LogP contribution is -1.95. The molecule has 3 nitrogen and oxygen atoms in total. The lowest BCUT2D eigenvalue weighted by atomic mass is 9.89. The van der Waals surface area contributed by atoms with Crippen molar-refractivity contribution in [3.8, 4) is 44.8 Å². The maximum atomic E-state index is 5.10. The van der Waals surface area contributed by atoms with Crippen LogP contribution in [0.2, 0.25) is 0 Å². The highest BCUT2D eigenvalue weighted by atomic mass is 14.8. The van der Waals surface area contributed by atoms with Gasteiger partial charge in [-0.15, -0.1) is 0 Å². The summed E-state index contributed by atoms with van der Waals surface area (Å²) < 4.78 is 0. The minimum Gasteiger partial charge on any atom is -0.256 e. The second kappa shape index (κ2) is 10.8. The summed E-state index contributed by atoms with van der Waals surface area (Å²) in [6, 6.07) is 55.5. The molecule has 0 amide bonds. The highest BCUT2D eigenvalue weighted by Crippen LogP contribution is 2.40. The molecule has 0 bridgehead atoms. The maximum absolute atomic E-state index is 5.10. The van der Waals surface area contributed by atoms with Crippen LogP contribution in [0.5, 0.6) is 0 Å². The van der Waals surface area contributed by atoms with Gasteiger partial charge >= 0.3 is 0 Å². The van der Waals surface area contributed by atoms with Crippen molar-refractivity contribution in [1.29, 1.82) is 0 Å². The molecule has 9 rings (SSSR count). The molecule has 46 heavy (non-hydrogen) atoms. The highest BCUT2D eigenvalue weighted by molar-refractivity contribution is 6.14. The Morgan fingerprint density at radius 3 is 1.65 bits per heavy atom. The Morgan fingerprint density at radius 2 is 0.891 bits per heavy atom. The van der Waals surface area contributed by atoms with Crippen molar-refractivity contribution >= 4 is 43.5 Å². The first-order valence-electron chi connectivity index (χ1n) is 15.5. The number of fused-ring (bicyclic) bond motifs is 5. The summed E-state index contributed by atoms with van der Waals surface area (Å²) in [5.41, 5.74) is 11.5. The summed E-state index contributed by atoms with van der Waals surface area (Å²) in [6.45, 7) is 0. The monoisotopic (exact) mass is 585 g/mol. The lowest BCUT2D eigenvalue weighted by Gasteiger charge is -2.15. The first kappa shape index (κ1) is 26.2. The standard InChI is InChI=1S/C43H27N3/c1-2-10-29(11-3-1)42-43(46-40-18-7-6-17-39(40)45-42)31-21-19-28(20-22-31)32-25-26-36(34-14-5-4-13-33(32)34)35-15-8-16-38-37(35)24-23-30-12-9-27-44-41(30)38/h1-27H. The molecule has 0 saturated carbocycles. The molecule has 214 valence electrons. The van der Waals surface area contributed by atoms with E-state index in [0.29, 0.717) is 0 Å². The molecule has 2 heterocycles. The number of aromatic nitrogens is 3. The molecule has 0 N–H and O–H groups in total. The SMILES string of the molecule is c1ccc(-c2nc3ccccc3nc2-c2ccc(-c3ccc(-c4cccc5c4ccc4cccnc45)c4ccccc34)cc2)cc1. The molecule has 0 fully saturated rings. The minimum absolute atomic E-state index is 0.884. The fourth-order valence-electron chi connectivity index (χ4n) is 6.73. The van der Waals surface area contributed by atoms with E-state index < -0.39 is 0 Å². The van der Waals surface area contributed by atoms with Crippen LogP contribution in [-0.4, -0.2) is 15.0 Å².